The Balaban J connectivity index is 2.07. The molecule has 0 aliphatic carbocycles. The highest BCUT2D eigenvalue weighted by Crippen LogP contribution is 2.20. The van der Waals surface area contributed by atoms with E-state index in [2.05, 4.69) is 10.3 Å². The summed E-state index contributed by atoms with van der Waals surface area (Å²) < 4.78 is 5.67. The summed E-state index contributed by atoms with van der Waals surface area (Å²) in [5, 5.41) is 2.91. The highest BCUT2D eigenvalue weighted by Gasteiger charge is 2.17. The fourth-order valence-corrected chi connectivity index (χ4v) is 2.31. The second-order valence-electron chi connectivity index (χ2n) is 5.60. The first-order valence-electron chi connectivity index (χ1n) is 7.36. The summed E-state index contributed by atoms with van der Waals surface area (Å²) in [4.78, 5) is 16.7. The summed E-state index contributed by atoms with van der Waals surface area (Å²) in [5.41, 5.74) is 4.67. The third-order valence-corrected chi connectivity index (χ3v) is 3.48. The smallest absolute Gasteiger partial charge is 0.265 e. The Morgan fingerprint density at radius 3 is 2.36 bits per heavy atom. The molecule has 0 bridgehead atoms. The van der Waals surface area contributed by atoms with Gasteiger partial charge in [0.25, 0.3) is 5.91 Å². The van der Waals surface area contributed by atoms with Crippen molar-refractivity contribution >= 4 is 11.6 Å². The van der Waals surface area contributed by atoms with Crippen LogP contribution in [0.15, 0.2) is 30.3 Å². The van der Waals surface area contributed by atoms with Crippen molar-refractivity contribution in [1.82, 2.24) is 4.98 Å². The first-order valence-corrected chi connectivity index (χ1v) is 7.36. The van der Waals surface area contributed by atoms with Crippen molar-refractivity contribution in [2.75, 3.05) is 5.32 Å². The molecule has 1 amide bonds. The number of benzene rings is 1. The van der Waals surface area contributed by atoms with Crippen LogP contribution in [0.3, 0.4) is 0 Å². The molecule has 4 nitrogen and oxygen atoms in total. The molecule has 2 rings (SSSR count). The van der Waals surface area contributed by atoms with E-state index in [0.29, 0.717) is 5.75 Å². The molecule has 116 valence electrons. The summed E-state index contributed by atoms with van der Waals surface area (Å²) in [6, 6.07) is 9.59. The fourth-order valence-electron chi connectivity index (χ4n) is 2.31. The third-order valence-electron chi connectivity index (χ3n) is 3.48. The van der Waals surface area contributed by atoms with Gasteiger partial charge in [-0.3, -0.25) is 9.78 Å². The molecular formula is C18H22N2O2. The molecule has 22 heavy (non-hydrogen) atoms. The van der Waals surface area contributed by atoms with Gasteiger partial charge in [0.05, 0.1) is 11.4 Å². The normalized spacial score (nSPS) is 11.9. The number of rotatable bonds is 4. The first-order chi connectivity index (χ1) is 10.4. The fraction of sp³-hybridized carbons (Fsp3) is 0.333. The standard InChI is InChI=1S/C18H22N2O2/c1-11-6-8-16(9-7-11)22-15(5)18(21)20-17-12(2)10-13(3)19-14(17)4/h6-10,15H,1-5H3,(H,20,21). The number of nitrogens with zero attached hydrogens (tertiary/aromatic N) is 1. The SMILES string of the molecule is Cc1ccc(OC(C)C(=O)Nc2c(C)cc(C)nc2C)cc1. The largest absolute Gasteiger partial charge is 0.481 e. The number of amides is 1. The van der Waals surface area contributed by atoms with Gasteiger partial charge in [-0.1, -0.05) is 17.7 Å². The molecule has 2 aromatic rings. The zero-order valence-electron chi connectivity index (χ0n) is 13.7. The Hall–Kier alpha value is -2.36. The molecule has 0 spiro atoms. The van der Waals surface area contributed by atoms with Gasteiger partial charge in [0.1, 0.15) is 5.75 Å². The number of anilines is 1. The predicted octanol–water partition coefficient (Wildman–Crippen LogP) is 3.72. The maximum Gasteiger partial charge on any atom is 0.265 e. The number of aromatic nitrogens is 1. The molecule has 1 atom stereocenters. The van der Waals surface area contributed by atoms with E-state index in [4.69, 9.17) is 4.74 Å². The van der Waals surface area contributed by atoms with Gasteiger partial charge >= 0.3 is 0 Å². The van der Waals surface area contributed by atoms with Gasteiger partial charge in [0.15, 0.2) is 6.10 Å². The van der Waals surface area contributed by atoms with Crippen LogP contribution in [0.2, 0.25) is 0 Å². The van der Waals surface area contributed by atoms with E-state index in [1.807, 2.05) is 58.0 Å². The number of carbonyl (C=O) groups excluding carboxylic acids is 1. The van der Waals surface area contributed by atoms with Crippen molar-refractivity contribution in [2.45, 2.75) is 40.7 Å². The van der Waals surface area contributed by atoms with E-state index >= 15 is 0 Å². The Kier molecular flexibility index (Phi) is 4.81. The molecule has 0 aliphatic heterocycles. The number of aryl methyl sites for hydroxylation is 4. The van der Waals surface area contributed by atoms with Crippen molar-refractivity contribution in [3.05, 3.63) is 52.8 Å². The molecule has 0 radical (unpaired) electrons. The van der Waals surface area contributed by atoms with Crippen LogP contribution in [0.5, 0.6) is 5.75 Å². The summed E-state index contributed by atoms with van der Waals surface area (Å²) >= 11 is 0. The summed E-state index contributed by atoms with van der Waals surface area (Å²) in [5.74, 6) is 0.501. The molecule has 0 saturated heterocycles. The summed E-state index contributed by atoms with van der Waals surface area (Å²) in [6.45, 7) is 9.54. The van der Waals surface area contributed by atoms with Crippen molar-refractivity contribution in [3.63, 3.8) is 0 Å². The Morgan fingerprint density at radius 1 is 1.14 bits per heavy atom. The Labute approximate surface area is 131 Å². The highest BCUT2D eigenvalue weighted by molar-refractivity contribution is 5.95. The van der Waals surface area contributed by atoms with Crippen molar-refractivity contribution in [3.8, 4) is 5.75 Å². The topological polar surface area (TPSA) is 51.2 Å². The van der Waals surface area contributed by atoms with Gasteiger partial charge in [0.2, 0.25) is 0 Å². The monoisotopic (exact) mass is 298 g/mol. The number of hydrogen-bond acceptors (Lipinski definition) is 3. The van der Waals surface area contributed by atoms with Crippen LogP contribution in [0, 0.1) is 27.7 Å². The zero-order chi connectivity index (χ0) is 16.3. The van der Waals surface area contributed by atoms with E-state index in [9.17, 15) is 4.79 Å². The first kappa shape index (κ1) is 16.0. The summed E-state index contributed by atoms with van der Waals surface area (Å²) in [6.07, 6.45) is -0.581. The maximum absolute atomic E-state index is 12.3. The average molecular weight is 298 g/mol. The molecule has 4 heteroatoms. The van der Waals surface area contributed by atoms with Crippen LogP contribution in [0.4, 0.5) is 5.69 Å². The number of pyridine rings is 1. The lowest BCUT2D eigenvalue weighted by atomic mass is 10.1. The van der Waals surface area contributed by atoms with Gasteiger partial charge in [-0.15, -0.1) is 0 Å². The lowest BCUT2D eigenvalue weighted by Crippen LogP contribution is -2.30. The van der Waals surface area contributed by atoms with Gasteiger partial charge in [-0.2, -0.15) is 0 Å². The minimum Gasteiger partial charge on any atom is -0.481 e. The highest BCUT2D eigenvalue weighted by atomic mass is 16.5. The number of hydrogen-bond donors (Lipinski definition) is 1. The molecule has 1 N–H and O–H groups in total. The average Bonchev–Trinajstić information content (AvgIpc) is 2.45. The molecule has 0 fully saturated rings. The second kappa shape index (κ2) is 6.60. The molecule has 1 aromatic carbocycles. The minimum atomic E-state index is -0.581. The van der Waals surface area contributed by atoms with E-state index in [0.717, 1.165) is 28.2 Å². The van der Waals surface area contributed by atoms with Crippen LogP contribution < -0.4 is 10.1 Å². The van der Waals surface area contributed by atoms with Gasteiger partial charge in [0, 0.05) is 5.69 Å². The second-order valence-corrected chi connectivity index (χ2v) is 5.60. The van der Waals surface area contributed by atoms with Crippen LogP contribution in [-0.4, -0.2) is 17.0 Å². The molecule has 0 aliphatic rings. The van der Waals surface area contributed by atoms with E-state index in [1.54, 1.807) is 6.92 Å². The Bertz CT molecular complexity index is 655. The van der Waals surface area contributed by atoms with Crippen LogP contribution in [0.25, 0.3) is 0 Å². The van der Waals surface area contributed by atoms with Crippen molar-refractivity contribution < 1.29 is 9.53 Å². The maximum atomic E-state index is 12.3. The van der Waals surface area contributed by atoms with Crippen LogP contribution in [-0.2, 0) is 4.79 Å². The molecule has 1 aromatic heterocycles. The number of nitrogens with one attached hydrogen (secondary N) is 1. The van der Waals surface area contributed by atoms with E-state index in [-0.39, 0.29) is 5.91 Å². The number of ether oxygens (including phenoxy) is 1. The van der Waals surface area contributed by atoms with Crippen LogP contribution >= 0.6 is 0 Å². The molecule has 0 saturated carbocycles. The third kappa shape index (κ3) is 3.85. The zero-order valence-corrected chi connectivity index (χ0v) is 13.7. The Morgan fingerprint density at radius 2 is 1.77 bits per heavy atom. The van der Waals surface area contributed by atoms with Crippen LogP contribution in [0.1, 0.15) is 29.4 Å². The van der Waals surface area contributed by atoms with E-state index < -0.39 is 6.10 Å². The van der Waals surface area contributed by atoms with Gasteiger partial charge in [-0.25, -0.2) is 0 Å². The van der Waals surface area contributed by atoms with Gasteiger partial charge in [-0.05, 0) is 58.4 Å². The van der Waals surface area contributed by atoms with Gasteiger partial charge < -0.3 is 10.1 Å². The quantitative estimate of drug-likeness (QED) is 0.936. The minimum absolute atomic E-state index is 0.183. The summed E-state index contributed by atoms with van der Waals surface area (Å²) in [7, 11) is 0. The predicted molar refractivity (Wildman–Crippen MR) is 88.3 cm³/mol. The lowest BCUT2D eigenvalue weighted by Gasteiger charge is -2.17. The molecule has 1 heterocycles. The van der Waals surface area contributed by atoms with Crippen molar-refractivity contribution in [1.29, 1.82) is 0 Å². The molecular weight excluding hydrogens is 276 g/mol. The van der Waals surface area contributed by atoms with Crippen molar-refractivity contribution in [2.24, 2.45) is 0 Å². The lowest BCUT2D eigenvalue weighted by molar-refractivity contribution is -0.122. The molecule has 1 unspecified atom stereocenters. The van der Waals surface area contributed by atoms with E-state index in [1.165, 1.54) is 0 Å². The number of carbonyl (C=O) groups is 1.